The third-order valence-electron chi connectivity index (χ3n) is 3.58. The molecule has 0 aromatic heterocycles. The molecule has 2 rings (SSSR count). The van der Waals surface area contributed by atoms with Crippen molar-refractivity contribution in [2.75, 3.05) is 13.2 Å². The van der Waals surface area contributed by atoms with Crippen molar-refractivity contribution in [3.63, 3.8) is 0 Å². The predicted octanol–water partition coefficient (Wildman–Crippen LogP) is 2.04. The molecule has 1 fully saturated rings. The molecule has 110 valence electrons. The lowest BCUT2D eigenvalue weighted by Crippen LogP contribution is -2.37. The maximum absolute atomic E-state index is 12.1. The van der Waals surface area contributed by atoms with Crippen LogP contribution in [0.5, 0.6) is 0 Å². The van der Waals surface area contributed by atoms with E-state index in [0.717, 1.165) is 5.56 Å². The second kappa shape index (κ2) is 7.41. The van der Waals surface area contributed by atoms with Gasteiger partial charge in [0.25, 0.3) is 0 Å². The van der Waals surface area contributed by atoms with Crippen molar-refractivity contribution < 1.29 is 14.6 Å². The van der Waals surface area contributed by atoms with Crippen molar-refractivity contribution >= 4 is 5.91 Å². The molecule has 1 aromatic rings. The summed E-state index contributed by atoms with van der Waals surface area (Å²) in [6, 6.07) is 9.54. The molecule has 20 heavy (non-hydrogen) atoms. The quantitative estimate of drug-likeness (QED) is 0.764. The first kappa shape index (κ1) is 15.0. The molecule has 1 aliphatic rings. The Morgan fingerprint density at radius 1 is 1.40 bits per heavy atom. The zero-order valence-corrected chi connectivity index (χ0v) is 11.9. The van der Waals surface area contributed by atoms with Gasteiger partial charge in [-0.3, -0.25) is 4.79 Å². The minimum atomic E-state index is -0.444. The predicted molar refractivity (Wildman–Crippen MR) is 77.2 cm³/mol. The summed E-state index contributed by atoms with van der Waals surface area (Å²) in [6.45, 7) is 2.49. The van der Waals surface area contributed by atoms with Crippen LogP contribution in [-0.4, -0.2) is 30.3 Å². The summed E-state index contributed by atoms with van der Waals surface area (Å²) in [5.74, 6) is 0.528. The maximum atomic E-state index is 12.1. The molecule has 0 radical (unpaired) electrons. The number of ether oxygens (including phenoxy) is 1. The van der Waals surface area contributed by atoms with Crippen LogP contribution < -0.4 is 5.32 Å². The number of nitrogens with one attached hydrogen (secondary N) is 1. The van der Waals surface area contributed by atoms with Crippen molar-refractivity contribution in [2.24, 2.45) is 5.92 Å². The van der Waals surface area contributed by atoms with Crippen LogP contribution in [0.1, 0.15) is 37.8 Å². The van der Waals surface area contributed by atoms with Crippen LogP contribution in [0.3, 0.4) is 0 Å². The van der Waals surface area contributed by atoms with Gasteiger partial charge in [-0.05, 0) is 37.7 Å². The number of carbonyl (C=O) groups excluding carboxylic acids is 1. The minimum Gasteiger partial charge on any atom is -0.396 e. The summed E-state index contributed by atoms with van der Waals surface area (Å²) in [6.07, 6.45) is 2.49. The van der Waals surface area contributed by atoms with E-state index in [1.165, 1.54) is 12.8 Å². The standard InChI is InChI=1S/C16H23NO3/c1-12(20-11-13-7-8-13)16(19)17-15(9-10-18)14-5-3-2-4-6-14/h2-6,12-13,15,18H,7-11H2,1H3,(H,17,19). The van der Waals surface area contributed by atoms with Crippen molar-refractivity contribution in [1.29, 1.82) is 0 Å². The fourth-order valence-corrected chi connectivity index (χ4v) is 2.07. The normalized spacial score (nSPS) is 17.5. The van der Waals surface area contributed by atoms with E-state index in [2.05, 4.69) is 5.32 Å². The highest BCUT2D eigenvalue weighted by atomic mass is 16.5. The second-order valence-corrected chi connectivity index (χ2v) is 5.40. The van der Waals surface area contributed by atoms with Crippen LogP contribution >= 0.6 is 0 Å². The summed E-state index contributed by atoms with van der Waals surface area (Å²) < 4.78 is 5.57. The minimum absolute atomic E-state index is 0.0388. The smallest absolute Gasteiger partial charge is 0.249 e. The van der Waals surface area contributed by atoms with E-state index in [1.807, 2.05) is 30.3 Å². The van der Waals surface area contributed by atoms with E-state index in [-0.39, 0.29) is 18.6 Å². The zero-order valence-electron chi connectivity index (χ0n) is 11.9. The summed E-state index contributed by atoms with van der Waals surface area (Å²) in [7, 11) is 0. The Labute approximate surface area is 120 Å². The fraction of sp³-hybridized carbons (Fsp3) is 0.562. The molecule has 4 heteroatoms. The van der Waals surface area contributed by atoms with Gasteiger partial charge in [-0.25, -0.2) is 0 Å². The Kier molecular flexibility index (Phi) is 5.56. The molecular weight excluding hydrogens is 254 g/mol. The largest absolute Gasteiger partial charge is 0.396 e. The molecule has 1 saturated carbocycles. The Bertz CT molecular complexity index is 417. The molecule has 1 aliphatic carbocycles. The fourth-order valence-electron chi connectivity index (χ4n) is 2.07. The van der Waals surface area contributed by atoms with Crippen LogP contribution in [0, 0.1) is 5.92 Å². The summed E-state index contributed by atoms with van der Waals surface area (Å²) in [5, 5.41) is 12.1. The van der Waals surface area contributed by atoms with Crippen molar-refractivity contribution in [3.05, 3.63) is 35.9 Å². The average Bonchev–Trinajstić information content (AvgIpc) is 3.29. The van der Waals surface area contributed by atoms with Gasteiger partial charge in [-0.15, -0.1) is 0 Å². The second-order valence-electron chi connectivity index (χ2n) is 5.40. The van der Waals surface area contributed by atoms with Gasteiger partial charge in [-0.2, -0.15) is 0 Å². The van der Waals surface area contributed by atoms with Crippen LogP contribution in [0.4, 0.5) is 0 Å². The van der Waals surface area contributed by atoms with E-state index < -0.39 is 6.10 Å². The highest BCUT2D eigenvalue weighted by molar-refractivity contribution is 5.80. The Morgan fingerprint density at radius 3 is 2.70 bits per heavy atom. The van der Waals surface area contributed by atoms with Crippen LogP contribution in [0.15, 0.2) is 30.3 Å². The molecule has 2 atom stereocenters. The van der Waals surface area contributed by atoms with E-state index >= 15 is 0 Å². The highest BCUT2D eigenvalue weighted by Crippen LogP contribution is 2.29. The molecule has 0 spiro atoms. The zero-order chi connectivity index (χ0) is 14.4. The molecule has 0 bridgehead atoms. The Balaban J connectivity index is 1.87. The van der Waals surface area contributed by atoms with Crippen molar-refractivity contribution in [1.82, 2.24) is 5.32 Å². The van der Waals surface area contributed by atoms with E-state index in [9.17, 15) is 4.79 Å². The van der Waals surface area contributed by atoms with Gasteiger partial charge in [-0.1, -0.05) is 30.3 Å². The van der Waals surface area contributed by atoms with Crippen molar-refractivity contribution in [3.8, 4) is 0 Å². The SMILES string of the molecule is CC(OCC1CC1)C(=O)NC(CCO)c1ccccc1. The Morgan fingerprint density at radius 2 is 2.10 bits per heavy atom. The molecule has 2 unspecified atom stereocenters. The average molecular weight is 277 g/mol. The first-order valence-corrected chi connectivity index (χ1v) is 7.28. The molecule has 0 aliphatic heterocycles. The maximum Gasteiger partial charge on any atom is 0.249 e. The topological polar surface area (TPSA) is 58.6 Å². The number of aliphatic hydroxyl groups is 1. The lowest BCUT2D eigenvalue weighted by Gasteiger charge is -2.21. The number of rotatable bonds is 8. The third kappa shape index (κ3) is 4.62. The monoisotopic (exact) mass is 277 g/mol. The first-order chi connectivity index (χ1) is 9.70. The lowest BCUT2D eigenvalue weighted by atomic mass is 10.0. The number of amides is 1. The van der Waals surface area contributed by atoms with Gasteiger partial charge in [0, 0.05) is 6.61 Å². The summed E-state index contributed by atoms with van der Waals surface area (Å²) in [5.41, 5.74) is 1.00. The first-order valence-electron chi connectivity index (χ1n) is 7.28. The third-order valence-corrected chi connectivity index (χ3v) is 3.58. The van der Waals surface area contributed by atoms with Crippen LogP contribution in [-0.2, 0) is 9.53 Å². The summed E-state index contributed by atoms with van der Waals surface area (Å²) in [4.78, 5) is 12.1. The molecule has 4 nitrogen and oxygen atoms in total. The number of hydrogen-bond donors (Lipinski definition) is 2. The lowest BCUT2D eigenvalue weighted by molar-refractivity contribution is -0.132. The Hall–Kier alpha value is -1.39. The van der Waals surface area contributed by atoms with Gasteiger partial charge >= 0.3 is 0 Å². The van der Waals surface area contributed by atoms with Crippen LogP contribution in [0.25, 0.3) is 0 Å². The van der Waals surface area contributed by atoms with E-state index in [0.29, 0.717) is 18.9 Å². The number of benzene rings is 1. The number of hydrogen-bond acceptors (Lipinski definition) is 3. The summed E-state index contributed by atoms with van der Waals surface area (Å²) >= 11 is 0. The van der Waals surface area contributed by atoms with E-state index in [4.69, 9.17) is 9.84 Å². The van der Waals surface area contributed by atoms with Gasteiger partial charge in [0.05, 0.1) is 12.6 Å². The van der Waals surface area contributed by atoms with E-state index in [1.54, 1.807) is 6.92 Å². The molecule has 2 N–H and O–H groups in total. The number of carbonyl (C=O) groups is 1. The van der Waals surface area contributed by atoms with Gasteiger partial charge < -0.3 is 15.2 Å². The number of aliphatic hydroxyl groups excluding tert-OH is 1. The molecule has 0 saturated heterocycles. The molecule has 1 amide bonds. The van der Waals surface area contributed by atoms with Gasteiger partial charge in [0.2, 0.25) is 5.91 Å². The molecular formula is C16H23NO3. The van der Waals surface area contributed by atoms with Gasteiger partial charge in [0.1, 0.15) is 6.10 Å². The van der Waals surface area contributed by atoms with Gasteiger partial charge in [0.15, 0.2) is 0 Å². The van der Waals surface area contributed by atoms with Crippen LogP contribution in [0.2, 0.25) is 0 Å². The van der Waals surface area contributed by atoms with Crippen molar-refractivity contribution in [2.45, 2.75) is 38.3 Å². The highest BCUT2D eigenvalue weighted by Gasteiger charge is 2.25. The molecule has 1 aromatic carbocycles. The molecule has 0 heterocycles.